The van der Waals surface area contributed by atoms with Gasteiger partial charge in [-0.1, -0.05) is 24.3 Å². The number of nitrogens with zero attached hydrogens (tertiary/aromatic N) is 5. The lowest BCUT2D eigenvalue weighted by atomic mass is 10.0. The summed E-state index contributed by atoms with van der Waals surface area (Å²) in [5.74, 6) is -0.135. The lowest BCUT2D eigenvalue weighted by Gasteiger charge is -2.43. The van der Waals surface area contributed by atoms with Crippen LogP contribution in [0.15, 0.2) is 51.4 Å². The molecule has 2 aromatic rings. The summed E-state index contributed by atoms with van der Waals surface area (Å²) in [5, 5.41) is 2.99. The molecule has 1 atom stereocenters. The van der Waals surface area contributed by atoms with Gasteiger partial charge in [0.25, 0.3) is 5.91 Å². The average Bonchev–Trinajstić information content (AvgIpc) is 3.06. The Balaban J connectivity index is 1.07. The Labute approximate surface area is 282 Å². The Hall–Kier alpha value is -2.67. The molecule has 0 radical (unpaired) electrons. The minimum atomic E-state index is -0.914. The molecule has 4 amide bonds. The Kier molecular flexibility index (Phi) is 10.3. The number of halogens is 2. The number of anilines is 1. The highest BCUT2D eigenvalue weighted by Crippen LogP contribution is 2.29. The summed E-state index contributed by atoms with van der Waals surface area (Å²) in [6.45, 7) is 6.66. The van der Waals surface area contributed by atoms with Crippen LogP contribution in [0.2, 0.25) is 0 Å². The Morgan fingerprint density at radius 2 is 1.56 bits per heavy atom. The number of para-hydroxylation sites is 1. The molecule has 6 rings (SSSR count). The van der Waals surface area contributed by atoms with E-state index in [0.29, 0.717) is 58.0 Å². The molecule has 4 heterocycles. The number of rotatable bonds is 6. The zero-order chi connectivity index (χ0) is 31.5. The van der Waals surface area contributed by atoms with Crippen LogP contribution in [0.4, 0.5) is 15.3 Å². The lowest BCUT2D eigenvalue weighted by Crippen LogP contribution is -2.56. The number of carbonyl (C=O) groups is 3. The third-order valence-corrected chi connectivity index (χ3v) is 11.7. The highest BCUT2D eigenvalue weighted by Gasteiger charge is 2.36. The van der Waals surface area contributed by atoms with Crippen molar-refractivity contribution in [2.45, 2.75) is 56.8 Å². The molecule has 4 aliphatic heterocycles. The molecule has 1 N–H and O–H groups in total. The highest BCUT2D eigenvalue weighted by molar-refractivity contribution is 9.13. The number of amides is 4. The summed E-state index contributed by atoms with van der Waals surface area (Å²) in [5.41, 5.74) is 2.86. The second kappa shape index (κ2) is 14.4. The van der Waals surface area contributed by atoms with Gasteiger partial charge in [0.15, 0.2) is 6.10 Å². The van der Waals surface area contributed by atoms with Gasteiger partial charge in [0, 0.05) is 79.0 Å². The Bertz CT molecular complexity index is 1390. The predicted octanol–water partition coefficient (Wildman–Crippen LogP) is 5.01. The van der Waals surface area contributed by atoms with Gasteiger partial charge in [-0.3, -0.25) is 9.69 Å². The van der Waals surface area contributed by atoms with Crippen molar-refractivity contribution in [3.8, 4) is 0 Å². The summed E-state index contributed by atoms with van der Waals surface area (Å²) < 4.78 is 7.85. The fourth-order valence-electron chi connectivity index (χ4n) is 7.00. The summed E-state index contributed by atoms with van der Waals surface area (Å²) >= 11 is 7.08. The SMILES string of the molecule is CN1CCC(N2CCN(C(=O)C(Cc3ccc(Br)c(Br)c3)OC(=O)N3CCC(N4Cc5ccccc5NC4=O)CC3)CC2)CC1. The smallest absolute Gasteiger partial charge is 0.410 e. The number of piperazine rings is 1. The molecule has 3 fully saturated rings. The fourth-order valence-corrected chi connectivity index (χ4v) is 7.68. The first-order valence-corrected chi connectivity index (χ1v) is 17.6. The van der Waals surface area contributed by atoms with Gasteiger partial charge in [0.2, 0.25) is 0 Å². The molecule has 0 bridgehead atoms. The lowest BCUT2D eigenvalue weighted by molar-refractivity contribution is -0.143. The molecule has 242 valence electrons. The summed E-state index contributed by atoms with van der Waals surface area (Å²) in [4.78, 5) is 50.6. The summed E-state index contributed by atoms with van der Waals surface area (Å²) in [6.07, 6.45) is 2.55. The van der Waals surface area contributed by atoms with E-state index in [0.717, 1.165) is 64.8 Å². The summed E-state index contributed by atoms with van der Waals surface area (Å²) in [7, 11) is 2.17. The van der Waals surface area contributed by atoms with Crippen LogP contribution >= 0.6 is 31.9 Å². The number of benzene rings is 2. The Morgan fingerprint density at radius 3 is 2.27 bits per heavy atom. The standard InChI is InChI=1S/C33H42Br2N6O4/c1-37-12-8-25(9-13-37)38-16-18-39(19-17-38)31(42)30(21-23-6-7-27(34)28(35)20-23)45-33(44)40-14-10-26(11-15-40)41-22-24-4-2-3-5-29(24)36-32(41)43/h2-7,20,25-26,30H,8-19,21-22H2,1H3,(H,36,43). The Morgan fingerprint density at radius 1 is 0.867 bits per heavy atom. The summed E-state index contributed by atoms with van der Waals surface area (Å²) in [6, 6.07) is 14.2. The van der Waals surface area contributed by atoms with Gasteiger partial charge >= 0.3 is 12.1 Å². The maximum absolute atomic E-state index is 13.9. The van der Waals surface area contributed by atoms with Crippen LogP contribution in [0.25, 0.3) is 0 Å². The number of hydrogen-bond acceptors (Lipinski definition) is 6. The molecule has 3 saturated heterocycles. The van der Waals surface area contributed by atoms with Crippen molar-refractivity contribution in [2.75, 3.05) is 64.7 Å². The number of urea groups is 1. The largest absolute Gasteiger partial charge is 0.436 e. The van der Waals surface area contributed by atoms with E-state index < -0.39 is 12.2 Å². The molecule has 12 heteroatoms. The molecular weight excluding hydrogens is 704 g/mol. The number of piperidine rings is 2. The van der Waals surface area contributed by atoms with E-state index in [9.17, 15) is 14.4 Å². The van der Waals surface area contributed by atoms with Crippen molar-refractivity contribution in [1.82, 2.24) is 24.5 Å². The van der Waals surface area contributed by atoms with Crippen LogP contribution in [0.5, 0.6) is 0 Å². The number of likely N-dealkylation sites (tertiary alicyclic amines) is 2. The van der Waals surface area contributed by atoms with E-state index in [1.54, 1.807) is 4.90 Å². The van der Waals surface area contributed by atoms with Crippen LogP contribution < -0.4 is 5.32 Å². The molecule has 0 spiro atoms. The van der Waals surface area contributed by atoms with Crippen molar-refractivity contribution in [1.29, 1.82) is 0 Å². The molecule has 1 unspecified atom stereocenters. The van der Waals surface area contributed by atoms with Crippen molar-refractivity contribution in [3.63, 3.8) is 0 Å². The van der Waals surface area contributed by atoms with E-state index in [1.807, 2.05) is 52.3 Å². The van der Waals surface area contributed by atoms with Gasteiger partial charge in [0.1, 0.15) is 0 Å². The van der Waals surface area contributed by atoms with Crippen LogP contribution in [0, 0.1) is 0 Å². The van der Waals surface area contributed by atoms with Crippen molar-refractivity contribution < 1.29 is 19.1 Å². The number of fused-ring (bicyclic) bond motifs is 1. The first-order chi connectivity index (χ1) is 21.7. The molecule has 0 aromatic heterocycles. The van der Waals surface area contributed by atoms with Gasteiger partial charge in [-0.15, -0.1) is 0 Å². The number of ether oxygens (including phenoxy) is 1. The van der Waals surface area contributed by atoms with E-state index in [1.165, 1.54) is 0 Å². The maximum Gasteiger partial charge on any atom is 0.410 e. The van der Waals surface area contributed by atoms with Crippen molar-refractivity contribution in [2.24, 2.45) is 0 Å². The predicted molar refractivity (Wildman–Crippen MR) is 180 cm³/mol. The van der Waals surface area contributed by atoms with Gasteiger partial charge in [-0.05, 0) is 107 Å². The van der Waals surface area contributed by atoms with Crippen LogP contribution in [0.1, 0.15) is 36.8 Å². The van der Waals surface area contributed by atoms with E-state index in [2.05, 4.69) is 54.0 Å². The topological polar surface area (TPSA) is 88.7 Å². The second-order valence-corrected chi connectivity index (χ2v) is 14.4. The normalized spacial score (nSPS) is 21.3. The average molecular weight is 747 g/mol. The molecule has 0 saturated carbocycles. The molecular formula is C33H42Br2N6O4. The van der Waals surface area contributed by atoms with E-state index in [4.69, 9.17) is 4.74 Å². The maximum atomic E-state index is 13.9. The zero-order valence-corrected chi connectivity index (χ0v) is 29.0. The van der Waals surface area contributed by atoms with Crippen LogP contribution in [0.3, 0.4) is 0 Å². The number of nitrogens with one attached hydrogen (secondary N) is 1. The van der Waals surface area contributed by atoms with Crippen molar-refractivity contribution in [3.05, 3.63) is 62.5 Å². The van der Waals surface area contributed by atoms with Crippen LogP contribution in [-0.4, -0.2) is 120 Å². The first kappa shape index (κ1) is 32.3. The number of hydrogen-bond donors (Lipinski definition) is 1. The minimum absolute atomic E-state index is 0.0285. The quantitative estimate of drug-likeness (QED) is 0.448. The molecule has 10 nitrogen and oxygen atoms in total. The van der Waals surface area contributed by atoms with E-state index >= 15 is 0 Å². The highest BCUT2D eigenvalue weighted by atomic mass is 79.9. The zero-order valence-electron chi connectivity index (χ0n) is 25.8. The molecule has 2 aromatic carbocycles. The molecule has 0 aliphatic carbocycles. The fraction of sp³-hybridized carbons (Fsp3) is 0.545. The second-order valence-electron chi connectivity index (χ2n) is 12.7. The van der Waals surface area contributed by atoms with Gasteiger partial charge in [-0.2, -0.15) is 0 Å². The van der Waals surface area contributed by atoms with Crippen molar-refractivity contribution >= 4 is 55.6 Å². The number of carbonyl (C=O) groups excluding carboxylic acids is 3. The molecule has 45 heavy (non-hydrogen) atoms. The van der Waals surface area contributed by atoms with Gasteiger partial charge in [0.05, 0.1) is 0 Å². The van der Waals surface area contributed by atoms with Gasteiger partial charge < -0.3 is 29.7 Å². The first-order valence-electron chi connectivity index (χ1n) is 16.0. The minimum Gasteiger partial charge on any atom is -0.436 e. The van der Waals surface area contributed by atoms with Gasteiger partial charge in [-0.25, -0.2) is 9.59 Å². The third-order valence-electron chi connectivity index (χ3n) is 9.78. The van der Waals surface area contributed by atoms with E-state index in [-0.39, 0.29) is 18.0 Å². The monoisotopic (exact) mass is 744 g/mol. The van der Waals surface area contributed by atoms with Crippen LogP contribution in [-0.2, 0) is 22.5 Å². The third kappa shape index (κ3) is 7.66. The molecule has 4 aliphatic rings.